The lowest BCUT2D eigenvalue weighted by Gasteiger charge is -2.14. The van der Waals surface area contributed by atoms with E-state index in [1.165, 1.54) is 10.9 Å². The largest absolute Gasteiger partial charge is 0.491 e. The molecule has 0 unspecified atom stereocenters. The molecule has 39 heavy (non-hydrogen) atoms. The summed E-state index contributed by atoms with van der Waals surface area (Å²) >= 11 is 0. The number of hydrogen-bond acceptors (Lipinski definition) is 7. The normalized spacial score (nSPS) is 11.4. The summed E-state index contributed by atoms with van der Waals surface area (Å²) < 4.78 is 12.4. The van der Waals surface area contributed by atoms with Crippen LogP contribution in [0.4, 0.5) is 0 Å². The molecule has 6 rings (SSSR count). The van der Waals surface area contributed by atoms with E-state index in [0.717, 1.165) is 22.0 Å². The van der Waals surface area contributed by atoms with Crippen molar-refractivity contribution >= 4 is 38.6 Å². The van der Waals surface area contributed by atoms with Gasteiger partial charge in [-0.3, -0.25) is 14.2 Å². The first-order valence-corrected chi connectivity index (χ1v) is 12.3. The molecule has 0 atom stereocenters. The number of para-hydroxylation sites is 1. The smallest absolute Gasteiger partial charge is 0.271 e. The van der Waals surface area contributed by atoms with Crippen LogP contribution in [0.15, 0.2) is 71.8 Å². The van der Waals surface area contributed by atoms with E-state index >= 15 is 0 Å². The lowest BCUT2D eigenvalue weighted by atomic mass is 9.99. The summed E-state index contributed by atoms with van der Waals surface area (Å²) in [5.74, 6) is -0.0445. The average Bonchev–Trinajstić information content (AvgIpc) is 3.32. The first-order valence-electron chi connectivity index (χ1n) is 12.3. The number of rotatable bonds is 7. The van der Waals surface area contributed by atoms with Gasteiger partial charge in [0.05, 0.1) is 34.2 Å². The molecule has 3 aromatic heterocycles. The molecule has 3 heterocycles. The van der Waals surface area contributed by atoms with Crippen molar-refractivity contribution in [2.75, 3.05) is 20.3 Å². The highest BCUT2D eigenvalue weighted by atomic mass is 16.5. The number of nitrogens with zero attached hydrogens (tertiary/aromatic N) is 4. The van der Waals surface area contributed by atoms with Crippen molar-refractivity contribution in [3.05, 3.63) is 88.6 Å². The Hall–Kier alpha value is -5.09. The molecule has 0 aliphatic heterocycles. The minimum absolute atomic E-state index is 0.0376. The molecule has 0 fully saturated rings. The maximum absolute atomic E-state index is 13.3. The highest BCUT2D eigenvalue weighted by molar-refractivity contribution is 6.18. The first kappa shape index (κ1) is 24.3. The van der Waals surface area contributed by atoms with Crippen molar-refractivity contribution < 1.29 is 14.3 Å². The van der Waals surface area contributed by atoms with Gasteiger partial charge in [0, 0.05) is 29.5 Å². The molecule has 0 aliphatic carbocycles. The fraction of sp³-hybridized carbons (Fsp3) is 0.138. The van der Waals surface area contributed by atoms with Crippen molar-refractivity contribution in [3.63, 3.8) is 0 Å². The van der Waals surface area contributed by atoms with Crippen LogP contribution in [-0.2, 0) is 4.74 Å². The van der Waals surface area contributed by atoms with E-state index in [1.807, 2.05) is 61.5 Å². The summed E-state index contributed by atoms with van der Waals surface area (Å²) in [5, 5.41) is 10.7. The fourth-order valence-electron chi connectivity index (χ4n) is 4.88. The zero-order chi connectivity index (χ0) is 27.1. The number of nitrogens with two attached hydrogens (primary N) is 1. The Morgan fingerprint density at radius 3 is 2.69 bits per heavy atom. The number of benzene rings is 3. The van der Waals surface area contributed by atoms with Crippen LogP contribution < -0.4 is 16.0 Å². The predicted octanol–water partition coefficient (Wildman–Crippen LogP) is 3.91. The molecule has 194 valence electrons. The Morgan fingerprint density at radius 1 is 1.03 bits per heavy atom. The third-order valence-electron chi connectivity index (χ3n) is 6.77. The number of primary amides is 1. The van der Waals surface area contributed by atoms with Crippen LogP contribution in [0.25, 0.3) is 49.7 Å². The Balaban J connectivity index is 1.56. The molecule has 10 nitrogen and oxygen atoms in total. The fourth-order valence-corrected chi connectivity index (χ4v) is 4.88. The second-order valence-electron chi connectivity index (χ2n) is 9.07. The summed E-state index contributed by atoms with van der Waals surface area (Å²) in [6.07, 6.45) is 1.53. The summed E-state index contributed by atoms with van der Waals surface area (Å²) in [7, 11) is 1.61. The number of aromatic amines is 1. The van der Waals surface area contributed by atoms with Gasteiger partial charge in [0.2, 0.25) is 0 Å². The number of H-pyrrole nitrogens is 1. The van der Waals surface area contributed by atoms with E-state index < -0.39 is 5.91 Å². The standard InChI is InChI=1S/C29H24N6O4/c1-16-18(7-5-9-23(16)35-15-31-21-8-4-3-6-20(21)29(35)37)25-24-19-11-10-17(39-13-12-38-2)14-22(19)32-26(24)27(28(30)36)34-33-25/h3-11,14-15,32H,12-13H2,1-2H3,(H2,30,36). The van der Waals surface area contributed by atoms with E-state index in [9.17, 15) is 9.59 Å². The monoisotopic (exact) mass is 520 g/mol. The summed E-state index contributed by atoms with van der Waals surface area (Å²) in [4.78, 5) is 33.3. The maximum atomic E-state index is 13.3. The topological polar surface area (TPSA) is 138 Å². The Kier molecular flexibility index (Phi) is 6.01. The molecule has 0 spiro atoms. The molecule has 3 N–H and O–H groups in total. The highest BCUT2D eigenvalue weighted by Crippen LogP contribution is 2.37. The van der Waals surface area contributed by atoms with Gasteiger partial charge in [0.1, 0.15) is 24.4 Å². The minimum Gasteiger partial charge on any atom is -0.491 e. The number of methoxy groups -OCH3 is 1. The third-order valence-corrected chi connectivity index (χ3v) is 6.77. The number of ether oxygens (including phenoxy) is 2. The van der Waals surface area contributed by atoms with Gasteiger partial charge in [-0.2, -0.15) is 0 Å². The van der Waals surface area contributed by atoms with Gasteiger partial charge in [-0.25, -0.2) is 4.98 Å². The molecular formula is C29H24N6O4. The molecule has 10 heteroatoms. The van der Waals surface area contributed by atoms with Gasteiger partial charge < -0.3 is 20.2 Å². The molecule has 0 radical (unpaired) electrons. The van der Waals surface area contributed by atoms with Gasteiger partial charge in [-0.05, 0) is 42.8 Å². The van der Waals surface area contributed by atoms with Gasteiger partial charge in [0.25, 0.3) is 11.5 Å². The summed E-state index contributed by atoms with van der Waals surface area (Å²) in [6, 6.07) is 18.5. The van der Waals surface area contributed by atoms with Crippen molar-refractivity contribution in [3.8, 4) is 22.7 Å². The molecular weight excluding hydrogens is 496 g/mol. The quantitative estimate of drug-likeness (QED) is 0.304. The number of amides is 1. The highest BCUT2D eigenvalue weighted by Gasteiger charge is 2.22. The van der Waals surface area contributed by atoms with Gasteiger partial charge in [0.15, 0.2) is 5.69 Å². The SMILES string of the molecule is COCCOc1ccc2c(c1)[nH]c1c(C(N)=O)nnc(-c3cccc(-n4cnc5ccccc5c4=O)c3C)c12. The van der Waals surface area contributed by atoms with Crippen molar-refractivity contribution in [2.24, 2.45) is 5.73 Å². The number of hydrogen-bond donors (Lipinski definition) is 2. The third kappa shape index (κ3) is 4.07. The van der Waals surface area contributed by atoms with Gasteiger partial charge in [-0.15, -0.1) is 10.2 Å². The van der Waals surface area contributed by atoms with E-state index in [1.54, 1.807) is 13.2 Å². The van der Waals surface area contributed by atoms with E-state index in [-0.39, 0.29) is 11.3 Å². The number of carbonyl (C=O) groups is 1. The Labute approximate surface area is 222 Å². The molecule has 0 saturated carbocycles. The second-order valence-corrected chi connectivity index (χ2v) is 9.07. The average molecular weight is 521 g/mol. The number of aromatic nitrogens is 5. The lowest BCUT2D eigenvalue weighted by Crippen LogP contribution is -2.19. The van der Waals surface area contributed by atoms with Gasteiger partial charge in [-0.1, -0.05) is 24.3 Å². The van der Waals surface area contributed by atoms with Gasteiger partial charge >= 0.3 is 0 Å². The van der Waals surface area contributed by atoms with Crippen LogP contribution in [-0.4, -0.2) is 51.0 Å². The van der Waals surface area contributed by atoms with E-state index in [4.69, 9.17) is 15.2 Å². The maximum Gasteiger partial charge on any atom is 0.271 e. The molecule has 6 aromatic rings. The van der Waals surface area contributed by atoms with Crippen LogP contribution in [0.5, 0.6) is 5.75 Å². The zero-order valence-electron chi connectivity index (χ0n) is 21.3. The van der Waals surface area contributed by atoms with E-state index in [2.05, 4.69) is 20.2 Å². The lowest BCUT2D eigenvalue weighted by molar-refractivity contribution is 0.0996. The number of nitrogens with one attached hydrogen (secondary N) is 1. The minimum atomic E-state index is -0.693. The van der Waals surface area contributed by atoms with Crippen LogP contribution in [0.1, 0.15) is 16.1 Å². The molecule has 3 aromatic carbocycles. The zero-order valence-corrected chi connectivity index (χ0v) is 21.3. The summed E-state index contributed by atoms with van der Waals surface area (Å²) in [5.41, 5.74) is 10.1. The second kappa shape index (κ2) is 9.66. The Morgan fingerprint density at radius 2 is 1.87 bits per heavy atom. The van der Waals surface area contributed by atoms with Crippen molar-refractivity contribution in [1.29, 1.82) is 0 Å². The van der Waals surface area contributed by atoms with Crippen molar-refractivity contribution in [1.82, 2.24) is 24.7 Å². The van der Waals surface area contributed by atoms with Crippen molar-refractivity contribution in [2.45, 2.75) is 6.92 Å². The predicted molar refractivity (Wildman–Crippen MR) is 148 cm³/mol. The van der Waals surface area contributed by atoms with Crippen LogP contribution in [0.3, 0.4) is 0 Å². The Bertz CT molecular complexity index is 1960. The first-order chi connectivity index (χ1) is 19.0. The number of carbonyl (C=O) groups excluding carboxylic acids is 1. The number of fused-ring (bicyclic) bond motifs is 4. The molecule has 1 amide bonds. The molecule has 0 bridgehead atoms. The molecule has 0 saturated heterocycles. The summed E-state index contributed by atoms with van der Waals surface area (Å²) in [6.45, 7) is 2.77. The molecule has 0 aliphatic rings. The van der Waals surface area contributed by atoms with Crippen LogP contribution >= 0.6 is 0 Å². The van der Waals surface area contributed by atoms with Crippen LogP contribution in [0.2, 0.25) is 0 Å². The van der Waals surface area contributed by atoms with Crippen LogP contribution in [0, 0.1) is 6.92 Å². The van der Waals surface area contributed by atoms with E-state index in [0.29, 0.717) is 52.2 Å².